The second-order valence-corrected chi connectivity index (χ2v) is 6.84. The lowest BCUT2D eigenvalue weighted by Crippen LogP contribution is -2.32. The number of amides is 2. The van der Waals surface area contributed by atoms with Gasteiger partial charge in [-0.3, -0.25) is 9.59 Å². The molecular formula is C23H29N3O4. The average molecular weight is 412 g/mol. The lowest BCUT2D eigenvalue weighted by Gasteiger charge is -2.21. The predicted molar refractivity (Wildman–Crippen MR) is 118 cm³/mol. The molecule has 2 amide bonds. The molecule has 0 aromatic heterocycles. The summed E-state index contributed by atoms with van der Waals surface area (Å²) in [4.78, 5) is 38.3. The zero-order valence-electron chi connectivity index (χ0n) is 17.7. The molecule has 0 radical (unpaired) electrons. The van der Waals surface area contributed by atoms with E-state index >= 15 is 0 Å². The Labute approximate surface area is 177 Å². The van der Waals surface area contributed by atoms with Gasteiger partial charge in [0.2, 0.25) is 5.91 Å². The van der Waals surface area contributed by atoms with Gasteiger partial charge in [-0.1, -0.05) is 19.9 Å². The molecular weight excluding hydrogens is 382 g/mol. The Hall–Kier alpha value is -3.35. The van der Waals surface area contributed by atoms with E-state index in [4.69, 9.17) is 0 Å². The van der Waals surface area contributed by atoms with E-state index in [9.17, 15) is 14.4 Å². The summed E-state index contributed by atoms with van der Waals surface area (Å²) in [6.07, 6.45) is 1.81. The van der Waals surface area contributed by atoms with Crippen molar-refractivity contribution in [2.45, 2.75) is 26.7 Å². The van der Waals surface area contributed by atoms with Crippen molar-refractivity contribution in [1.29, 1.82) is 0 Å². The number of ether oxygens (including phenoxy) is 1. The van der Waals surface area contributed by atoms with Crippen LogP contribution in [0.4, 0.5) is 11.4 Å². The Morgan fingerprint density at radius 3 is 2.17 bits per heavy atom. The molecule has 0 aliphatic carbocycles. The Balaban J connectivity index is 1.94. The van der Waals surface area contributed by atoms with Crippen LogP contribution in [0.15, 0.2) is 48.5 Å². The van der Waals surface area contributed by atoms with E-state index in [0.717, 1.165) is 25.9 Å². The summed E-state index contributed by atoms with van der Waals surface area (Å²) in [5.74, 6) is -0.672. The standard InChI is InChI=1S/C23H29N3O4/c1-4-13-26(14-5-2)22(28)18-7-6-8-20(15-18)24-16-21(27)25-19-11-9-17(10-12-19)23(29)30-3/h6-12,15,24H,4-5,13-14,16H2,1-3H3,(H,25,27). The fraction of sp³-hybridized carbons (Fsp3) is 0.348. The van der Waals surface area contributed by atoms with Crippen LogP contribution in [0, 0.1) is 0 Å². The third-order valence-electron chi connectivity index (χ3n) is 4.43. The molecule has 7 nitrogen and oxygen atoms in total. The Morgan fingerprint density at radius 2 is 1.57 bits per heavy atom. The van der Waals surface area contributed by atoms with E-state index < -0.39 is 5.97 Å². The first-order chi connectivity index (χ1) is 14.5. The van der Waals surface area contributed by atoms with Gasteiger partial charge in [-0.25, -0.2) is 4.79 Å². The summed E-state index contributed by atoms with van der Waals surface area (Å²) in [7, 11) is 1.32. The van der Waals surface area contributed by atoms with E-state index in [1.165, 1.54) is 7.11 Å². The molecule has 0 spiro atoms. The van der Waals surface area contributed by atoms with Crippen LogP contribution >= 0.6 is 0 Å². The van der Waals surface area contributed by atoms with Crippen molar-refractivity contribution in [1.82, 2.24) is 4.90 Å². The first-order valence-corrected chi connectivity index (χ1v) is 10.1. The number of carbonyl (C=O) groups excluding carboxylic acids is 3. The number of nitrogens with zero attached hydrogens (tertiary/aromatic N) is 1. The highest BCUT2D eigenvalue weighted by atomic mass is 16.5. The molecule has 0 unspecified atom stereocenters. The second kappa shape index (κ2) is 11.6. The van der Waals surface area contributed by atoms with Gasteiger partial charge in [0, 0.05) is 30.0 Å². The van der Waals surface area contributed by atoms with E-state index in [1.807, 2.05) is 11.0 Å². The number of hydrogen-bond acceptors (Lipinski definition) is 5. The van der Waals surface area contributed by atoms with Gasteiger partial charge in [0.25, 0.3) is 5.91 Å². The molecule has 0 aliphatic rings. The molecule has 7 heteroatoms. The van der Waals surface area contributed by atoms with Crippen LogP contribution in [-0.2, 0) is 9.53 Å². The molecule has 2 aromatic rings. The van der Waals surface area contributed by atoms with Gasteiger partial charge in [-0.2, -0.15) is 0 Å². The summed E-state index contributed by atoms with van der Waals surface area (Å²) in [5.41, 5.74) is 2.29. The van der Waals surface area contributed by atoms with Gasteiger partial charge in [0.15, 0.2) is 0 Å². The smallest absolute Gasteiger partial charge is 0.337 e. The van der Waals surface area contributed by atoms with Gasteiger partial charge >= 0.3 is 5.97 Å². The molecule has 2 N–H and O–H groups in total. The summed E-state index contributed by atoms with van der Waals surface area (Å²) in [6.45, 7) is 5.60. The molecule has 0 saturated heterocycles. The molecule has 160 valence electrons. The van der Waals surface area contributed by atoms with Gasteiger partial charge in [-0.15, -0.1) is 0 Å². The largest absolute Gasteiger partial charge is 0.465 e. The molecule has 2 rings (SSSR count). The van der Waals surface area contributed by atoms with E-state index in [2.05, 4.69) is 29.2 Å². The lowest BCUT2D eigenvalue weighted by atomic mass is 10.1. The predicted octanol–water partition coefficient (Wildman–Crippen LogP) is 3.79. The Morgan fingerprint density at radius 1 is 0.900 bits per heavy atom. The van der Waals surface area contributed by atoms with Crippen LogP contribution < -0.4 is 10.6 Å². The Kier molecular flexibility index (Phi) is 8.87. The molecule has 0 bridgehead atoms. The van der Waals surface area contributed by atoms with Crippen LogP contribution in [0.1, 0.15) is 47.4 Å². The topological polar surface area (TPSA) is 87.7 Å². The van der Waals surface area contributed by atoms with Crippen molar-refractivity contribution >= 4 is 29.2 Å². The minimum Gasteiger partial charge on any atom is -0.465 e. The average Bonchev–Trinajstić information content (AvgIpc) is 2.77. The maximum atomic E-state index is 12.7. The number of rotatable bonds is 10. The minimum atomic E-state index is -0.430. The quantitative estimate of drug-likeness (QED) is 0.581. The highest BCUT2D eigenvalue weighted by Crippen LogP contribution is 2.14. The number of nitrogens with one attached hydrogen (secondary N) is 2. The molecule has 30 heavy (non-hydrogen) atoms. The zero-order valence-corrected chi connectivity index (χ0v) is 17.7. The van der Waals surface area contributed by atoms with E-state index in [1.54, 1.807) is 42.5 Å². The van der Waals surface area contributed by atoms with Crippen LogP contribution in [-0.4, -0.2) is 49.4 Å². The summed E-state index contributed by atoms with van der Waals surface area (Å²) >= 11 is 0. The Bertz CT molecular complexity index is 859. The third kappa shape index (κ3) is 6.62. The number of benzene rings is 2. The normalized spacial score (nSPS) is 10.2. The zero-order chi connectivity index (χ0) is 21.9. The summed E-state index contributed by atoms with van der Waals surface area (Å²) in [6, 6.07) is 13.6. The van der Waals surface area contributed by atoms with Crippen molar-refractivity contribution in [2.75, 3.05) is 37.4 Å². The number of anilines is 2. The SMILES string of the molecule is CCCN(CCC)C(=O)c1cccc(NCC(=O)Nc2ccc(C(=O)OC)cc2)c1. The minimum absolute atomic E-state index is 0.00232. The lowest BCUT2D eigenvalue weighted by molar-refractivity contribution is -0.114. The fourth-order valence-corrected chi connectivity index (χ4v) is 2.99. The van der Waals surface area contributed by atoms with E-state index in [0.29, 0.717) is 22.5 Å². The highest BCUT2D eigenvalue weighted by molar-refractivity contribution is 5.96. The van der Waals surface area contributed by atoms with Crippen LogP contribution in [0.5, 0.6) is 0 Å². The number of esters is 1. The first-order valence-electron chi connectivity index (χ1n) is 10.1. The van der Waals surface area contributed by atoms with Crippen molar-refractivity contribution in [2.24, 2.45) is 0 Å². The molecule has 0 atom stereocenters. The molecule has 2 aromatic carbocycles. The molecule has 0 heterocycles. The number of methoxy groups -OCH3 is 1. The molecule has 0 fully saturated rings. The number of carbonyl (C=O) groups is 3. The van der Waals surface area contributed by atoms with Gasteiger partial charge in [0.05, 0.1) is 19.2 Å². The third-order valence-corrected chi connectivity index (χ3v) is 4.43. The van der Waals surface area contributed by atoms with Crippen LogP contribution in [0.3, 0.4) is 0 Å². The maximum absolute atomic E-state index is 12.7. The number of hydrogen-bond donors (Lipinski definition) is 2. The van der Waals surface area contributed by atoms with Crippen LogP contribution in [0.2, 0.25) is 0 Å². The van der Waals surface area contributed by atoms with Crippen molar-refractivity contribution in [3.8, 4) is 0 Å². The molecule has 0 saturated carbocycles. The van der Waals surface area contributed by atoms with Crippen molar-refractivity contribution < 1.29 is 19.1 Å². The fourth-order valence-electron chi connectivity index (χ4n) is 2.99. The maximum Gasteiger partial charge on any atom is 0.337 e. The van der Waals surface area contributed by atoms with Crippen molar-refractivity contribution in [3.05, 3.63) is 59.7 Å². The summed E-state index contributed by atoms with van der Waals surface area (Å²) < 4.78 is 4.65. The monoisotopic (exact) mass is 411 g/mol. The van der Waals surface area contributed by atoms with Crippen LogP contribution in [0.25, 0.3) is 0 Å². The second-order valence-electron chi connectivity index (χ2n) is 6.84. The van der Waals surface area contributed by atoms with E-state index in [-0.39, 0.29) is 18.4 Å². The highest BCUT2D eigenvalue weighted by Gasteiger charge is 2.14. The van der Waals surface area contributed by atoms with Crippen molar-refractivity contribution in [3.63, 3.8) is 0 Å². The molecule has 0 aliphatic heterocycles. The first kappa shape index (κ1) is 22.9. The summed E-state index contributed by atoms with van der Waals surface area (Å²) in [5, 5.41) is 5.80. The van der Waals surface area contributed by atoms with Gasteiger partial charge in [-0.05, 0) is 55.3 Å². The van der Waals surface area contributed by atoms with Gasteiger partial charge in [0.1, 0.15) is 0 Å². The van der Waals surface area contributed by atoms with Gasteiger partial charge < -0.3 is 20.3 Å².